The van der Waals surface area contributed by atoms with Crippen molar-refractivity contribution >= 4 is 28.5 Å². The molecular formula is C23H28N6O2. The van der Waals surface area contributed by atoms with Crippen molar-refractivity contribution in [1.29, 1.82) is 0 Å². The highest BCUT2D eigenvalue weighted by Crippen LogP contribution is 2.23. The number of aryl methyl sites for hydroxylation is 1. The molecule has 8 heteroatoms. The minimum absolute atomic E-state index is 0.0421. The lowest BCUT2D eigenvalue weighted by Gasteiger charge is -2.32. The summed E-state index contributed by atoms with van der Waals surface area (Å²) in [5.74, 6) is 1.81. The third-order valence-electron chi connectivity index (χ3n) is 5.60. The molecule has 162 valence electrons. The van der Waals surface area contributed by atoms with Gasteiger partial charge in [-0.15, -0.1) is 0 Å². The summed E-state index contributed by atoms with van der Waals surface area (Å²) in [6.07, 6.45) is 5.40. The van der Waals surface area contributed by atoms with Gasteiger partial charge in [-0.1, -0.05) is 13.8 Å². The van der Waals surface area contributed by atoms with Crippen molar-refractivity contribution in [2.75, 3.05) is 18.4 Å². The van der Waals surface area contributed by atoms with Crippen LogP contribution in [0.3, 0.4) is 0 Å². The molecule has 2 N–H and O–H groups in total. The molecule has 0 radical (unpaired) electrons. The number of aromatic nitrogens is 4. The van der Waals surface area contributed by atoms with Gasteiger partial charge in [-0.05, 0) is 43.9 Å². The van der Waals surface area contributed by atoms with E-state index in [0.717, 1.165) is 41.2 Å². The number of nitrogens with zero attached hydrogens (tertiary/aromatic N) is 4. The van der Waals surface area contributed by atoms with Gasteiger partial charge in [0, 0.05) is 43.5 Å². The smallest absolute Gasteiger partial charge is 0.256 e. The predicted molar refractivity (Wildman–Crippen MR) is 119 cm³/mol. The number of fused-ring (bicyclic) bond motifs is 1. The van der Waals surface area contributed by atoms with E-state index in [1.165, 1.54) is 0 Å². The fourth-order valence-corrected chi connectivity index (χ4v) is 4.03. The number of piperidine rings is 1. The number of benzene rings is 1. The van der Waals surface area contributed by atoms with Crippen molar-refractivity contribution in [3.05, 3.63) is 47.8 Å². The largest absolute Gasteiger partial charge is 0.342 e. The second kappa shape index (κ2) is 8.83. The summed E-state index contributed by atoms with van der Waals surface area (Å²) in [4.78, 5) is 43.4. The van der Waals surface area contributed by atoms with Crippen LogP contribution >= 0.6 is 0 Å². The molecule has 1 aliphatic heterocycles. The second-order valence-corrected chi connectivity index (χ2v) is 8.55. The summed E-state index contributed by atoms with van der Waals surface area (Å²) in [6.45, 7) is 7.20. The van der Waals surface area contributed by atoms with Crippen molar-refractivity contribution in [1.82, 2.24) is 24.8 Å². The lowest BCUT2D eigenvalue weighted by atomic mass is 9.94. The molecule has 0 aliphatic carbocycles. The van der Waals surface area contributed by atoms with Gasteiger partial charge in [-0.2, -0.15) is 0 Å². The quantitative estimate of drug-likeness (QED) is 0.655. The number of imidazole rings is 1. The van der Waals surface area contributed by atoms with Gasteiger partial charge >= 0.3 is 0 Å². The Hall–Kier alpha value is -3.29. The maximum absolute atomic E-state index is 12.9. The Morgan fingerprint density at radius 1 is 1.26 bits per heavy atom. The van der Waals surface area contributed by atoms with Crippen molar-refractivity contribution in [2.24, 2.45) is 5.92 Å². The van der Waals surface area contributed by atoms with E-state index >= 15 is 0 Å². The van der Waals surface area contributed by atoms with Crippen molar-refractivity contribution in [2.45, 2.75) is 46.0 Å². The average molecular weight is 421 g/mol. The molecule has 1 aromatic carbocycles. The molecule has 0 unspecified atom stereocenters. The maximum atomic E-state index is 12.9. The number of carbonyl (C=O) groups is 2. The van der Waals surface area contributed by atoms with Crippen LogP contribution < -0.4 is 5.32 Å². The van der Waals surface area contributed by atoms with Crippen molar-refractivity contribution < 1.29 is 9.59 Å². The van der Waals surface area contributed by atoms with Gasteiger partial charge in [-0.3, -0.25) is 9.59 Å². The van der Waals surface area contributed by atoms with Crippen molar-refractivity contribution in [3.8, 4) is 0 Å². The Bertz CT molecular complexity index is 1090. The molecule has 1 atom stereocenters. The number of aromatic amines is 1. The summed E-state index contributed by atoms with van der Waals surface area (Å²) >= 11 is 0. The molecule has 0 bridgehead atoms. The molecular weight excluding hydrogens is 392 g/mol. The van der Waals surface area contributed by atoms with Crippen LogP contribution in [0.25, 0.3) is 11.0 Å². The number of carbonyl (C=O) groups excluding carboxylic acids is 2. The fourth-order valence-electron chi connectivity index (χ4n) is 4.03. The SMILES string of the molecule is Cc1nc2ccc(NC(=O)C[C@H]3CCCN(C(=O)c4cnc(C(C)C)nc4)C3)cc2[nH]1. The Labute approximate surface area is 181 Å². The van der Waals surface area contributed by atoms with Gasteiger partial charge in [-0.25, -0.2) is 15.0 Å². The zero-order chi connectivity index (χ0) is 22.0. The van der Waals surface area contributed by atoms with E-state index in [9.17, 15) is 9.59 Å². The number of amides is 2. The topological polar surface area (TPSA) is 104 Å². The van der Waals surface area contributed by atoms with Crippen LogP contribution in [0, 0.1) is 12.8 Å². The third kappa shape index (κ3) is 4.90. The normalized spacial score (nSPS) is 16.6. The highest BCUT2D eigenvalue weighted by Gasteiger charge is 2.26. The molecule has 1 saturated heterocycles. The van der Waals surface area contributed by atoms with E-state index < -0.39 is 0 Å². The van der Waals surface area contributed by atoms with Crippen LogP contribution in [-0.2, 0) is 4.79 Å². The Kier molecular flexibility index (Phi) is 5.97. The first-order valence-electron chi connectivity index (χ1n) is 10.8. The van der Waals surface area contributed by atoms with Gasteiger partial charge in [0.1, 0.15) is 11.6 Å². The van der Waals surface area contributed by atoms with E-state index in [1.54, 1.807) is 12.4 Å². The van der Waals surface area contributed by atoms with Crippen LogP contribution in [-0.4, -0.2) is 49.7 Å². The number of rotatable bonds is 5. The first-order valence-corrected chi connectivity index (χ1v) is 10.8. The first kappa shape index (κ1) is 21.0. The zero-order valence-corrected chi connectivity index (χ0v) is 18.2. The van der Waals surface area contributed by atoms with Crippen LogP contribution in [0.1, 0.15) is 61.0 Å². The Balaban J connectivity index is 1.35. The Morgan fingerprint density at radius 2 is 2.03 bits per heavy atom. The molecule has 3 heterocycles. The first-order chi connectivity index (χ1) is 14.9. The minimum Gasteiger partial charge on any atom is -0.342 e. The van der Waals surface area contributed by atoms with Gasteiger partial charge in [0.05, 0.1) is 16.6 Å². The molecule has 3 aromatic rings. The maximum Gasteiger partial charge on any atom is 0.256 e. The standard InChI is InChI=1S/C23H28N6O2/c1-14(2)22-24-11-17(12-25-22)23(31)29-8-4-5-16(13-29)9-21(30)28-18-6-7-19-20(10-18)27-15(3)26-19/h6-7,10-12,14,16H,4-5,8-9,13H2,1-3H3,(H,26,27)(H,28,30)/t16-/m1/s1. The lowest BCUT2D eigenvalue weighted by molar-refractivity contribution is -0.117. The highest BCUT2D eigenvalue weighted by atomic mass is 16.2. The molecule has 1 aliphatic rings. The van der Waals surface area contributed by atoms with Gasteiger partial charge < -0.3 is 15.2 Å². The average Bonchev–Trinajstić information content (AvgIpc) is 3.12. The predicted octanol–water partition coefficient (Wildman–Crippen LogP) is 3.67. The number of hydrogen-bond donors (Lipinski definition) is 2. The van der Waals surface area contributed by atoms with Crippen LogP contribution in [0.5, 0.6) is 0 Å². The Morgan fingerprint density at radius 3 is 2.77 bits per heavy atom. The van der Waals surface area contributed by atoms with E-state index in [0.29, 0.717) is 25.1 Å². The second-order valence-electron chi connectivity index (χ2n) is 8.55. The molecule has 0 saturated carbocycles. The highest BCUT2D eigenvalue weighted by molar-refractivity contribution is 5.94. The van der Waals surface area contributed by atoms with E-state index in [2.05, 4.69) is 25.3 Å². The molecule has 4 rings (SSSR count). The summed E-state index contributed by atoms with van der Waals surface area (Å²) in [6, 6.07) is 5.64. The van der Waals surface area contributed by atoms with E-state index in [4.69, 9.17) is 0 Å². The lowest BCUT2D eigenvalue weighted by Crippen LogP contribution is -2.41. The number of H-pyrrole nitrogens is 1. The minimum atomic E-state index is -0.0690. The summed E-state index contributed by atoms with van der Waals surface area (Å²) in [5, 5.41) is 2.97. The summed E-state index contributed by atoms with van der Waals surface area (Å²) < 4.78 is 0. The number of hydrogen-bond acceptors (Lipinski definition) is 5. The monoisotopic (exact) mass is 420 g/mol. The van der Waals surface area contributed by atoms with Crippen molar-refractivity contribution in [3.63, 3.8) is 0 Å². The van der Waals surface area contributed by atoms with Gasteiger partial charge in [0.2, 0.25) is 5.91 Å². The number of anilines is 1. The number of likely N-dealkylation sites (tertiary alicyclic amines) is 1. The van der Waals surface area contributed by atoms with Crippen LogP contribution in [0.2, 0.25) is 0 Å². The van der Waals surface area contributed by atoms with Crippen LogP contribution in [0.4, 0.5) is 5.69 Å². The fraction of sp³-hybridized carbons (Fsp3) is 0.435. The molecule has 2 amide bonds. The summed E-state index contributed by atoms with van der Waals surface area (Å²) in [5.41, 5.74) is 3.02. The number of nitrogens with one attached hydrogen (secondary N) is 2. The van der Waals surface area contributed by atoms with Crippen LogP contribution in [0.15, 0.2) is 30.6 Å². The molecule has 1 fully saturated rings. The third-order valence-corrected chi connectivity index (χ3v) is 5.60. The molecule has 8 nitrogen and oxygen atoms in total. The molecule has 31 heavy (non-hydrogen) atoms. The van der Waals surface area contributed by atoms with Gasteiger partial charge in [0.15, 0.2) is 0 Å². The van der Waals surface area contributed by atoms with Gasteiger partial charge in [0.25, 0.3) is 5.91 Å². The molecule has 2 aromatic heterocycles. The summed E-state index contributed by atoms with van der Waals surface area (Å²) in [7, 11) is 0. The van der Waals surface area contributed by atoms with E-state index in [-0.39, 0.29) is 23.7 Å². The molecule has 0 spiro atoms. The van der Waals surface area contributed by atoms with E-state index in [1.807, 2.05) is 43.9 Å². The zero-order valence-electron chi connectivity index (χ0n) is 18.2.